The van der Waals surface area contributed by atoms with Gasteiger partial charge in [0.2, 0.25) is 0 Å². The first-order valence-corrected chi connectivity index (χ1v) is 3.79. The molecule has 5 nitrogen and oxygen atoms in total. The summed E-state index contributed by atoms with van der Waals surface area (Å²) in [5.41, 5.74) is 6.86. The molecule has 0 bridgehead atoms. The molecule has 0 aliphatic rings. The third kappa shape index (κ3) is 1.54. The summed E-state index contributed by atoms with van der Waals surface area (Å²) in [5, 5.41) is 0. The van der Waals surface area contributed by atoms with Crippen LogP contribution >= 0.6 is 12.4 Å². The summed E-state index contributed by atoms with van der Waals surface area (Å²) < 4.78 is 0. The summed E-state index contributed by atoms with van der Waals surface area (Å²) in [6.45, 7) is 1.76. The number of hydrogen-bond donors (Lipinski definition) is 2. The Hall–Kier alpha value is -1.62. The number of H-pyrrole nitrogens is 1. The van der Waals surface area contributed by atoms with Crippen LogP contribution in [0.25, 0.3) is 11.0 Å². The fourth-order valence-electron chi connectivity index (χ4n) is 1.19. The van der Waals surface area contributed by atoms with Crippen molar-refractivity contribution in [2.45, 2.75) is 6.92 Å². The van der Waals surface area contributed by atoms with Gasteiger partial charge in [0.25, 0.3) is 5.91 Å². The molecule has 0 spiro atoms. The number of hydrogen-bond acceptors (Lipinski definition) is 3. The van der Waals surface area contributed by atoms with Gasteiger partial charge in [-0.2, -0.15) is 0 Å². The predicted molar refractivity (Wildman–Crippen MR) is 54.4 cm³/mol. The van der Waals surface area contributed by atoms with E-state index >= 15 is 0 Å². The third-order valence-corrected chi connectivity index (χ3v) is 1.80. The summed E-state index contributed by atoms with van der Waals surface area (Å²) in [4.78, 5) is 21.9. The normalized spacial score (nSPS) is 9.79. The lowest BCUT2D eigenvalue weighted by atomic mass is 10.3. The number of nitrogens with two attached hydrogens (primary N) is 1. The quantitative estimate of drug-likeness (QED) is 0.733. The van der Waals surface area contributed by atoms with Crippen LogP contribution in [0.5, 0.6) is 0 Å². The van der Waals surface area contributed by atoms with Crippen LogP contribution in [0.4, 0.5) is 0 Å². The Morgan fingerprint density at radius 1 is 1.57 bits per heavy atom. The van der Waals surface area contributed by atoms with Gasteiger partial charge in [0.1, 0.15) is 11.3 Å². The predicted octanol–water partition coefficient (Wildman–Crippen LogP) is 0.787. The standard InChI is InChI=1S/C8H8N4O.ClH/c1-4-10-3-6-7(12-4)5(2-11-6)8(9)13;/h2-3,11H,1H3,(H2,9,13);1H. The SMILES string of the molecule is Cc1ncc2[nH]cc(C(N)=O)c2n1.Cl. The van der Waals surface area contributed by atoms with Gasteiger partial charge in [0, 0.05) is 6.20 Å². The van der Waals surface area contributed by atoms with Crippen LogP contribution in [0, 0.1) is 6.92 Å². The minimum atomic E-state index is -0.482. The van der Waals surface area contributed by atoms with E-state index in [9.17, 15) is 4.79 Å². The Morgan fingerprint density at radius 2 is 2.29 bits per heavy atom. The summed E-state index contributed by atoms with van der Waals surface area (Å²) in [6, 6.07) is 0. The van der Waals surface area contributed by atoms with Crippen molar-refractivity contribution >= 4 is 29.3 Å². The lowest BCUT2D eigenvalue weighted by Gasteiger charge is -1.93. The van der Waals surface area contributed by atoms with Crippen molar-refractivity contribution in [2.75, 3.05) is 0 Å². The van der Waals surface area contributed by atoms with E-state index in [1.807, 2.05) is 0 Å². The second-order valence-corrected chi connectivity index (χ2v) is 2.75. The van der Waals surface area contributed by atoms with E-state index in [-0.39, 0.29) is 12.4 Å². The van der Waals surface area contributed by atoms with E-state index in [1.165, 1.54) is 0 Å². The van der Waals surface area contributed by atoms with E-state index in [0.29, 0.717) is 16.9 Å². The number of carbonyl (C=O) groups is 1. The third-order valence-electron chi connectivity index (χ3n) is 1.80. The largest absolute Gasteiger partial charge is 0.365 e. The van der Waals surface area contributed by atoms with Crippen LogP contribution in [0.15, 0.2) is 12.4 Å². The van der Waals surface area contributed by atoms with Crippen LogP contribution in [-0.2, 0) is 0 Å². The number of carbonyl (C=O) groups excluding carboxylic acids is 1. The molecule has 0 aromatic carbocycles. The minimum Gasteiger partial charge on any atom is -0.365 e. The monoisotopic (exact) mass is 212 g/mol. The molecule has 0 saturated carbocycles. The van der Waals surface area contributed by atoms with Crippen molar-refractivity contribution in [3.8, 4) is 0 Å². The molecule has 0 aliphatic carbocycles. The van der Waals surface area contributed by atoms with Gasteiger partial charge in [0.05, 0.1) is 17.3 Å². The van der Waals surface area contributed by atoms with Crippen molar-refractivity contribution in [2.24, 2.45) is 5.73 Å². The summed E-state index contributed by atoms with van der Waals surface area (Å²) >= 11 is 0. The lowest BCUT2D eigenvalue weighted by molar-refractivity contribution is 0.100. The van der Waals surface area contributed by atoms with Crippen LogP contribution < -0.4 is 5.73 Å². The van der Waals surface area contributed by atoms with E-state index in [0.717, 1.165) is 5.52 Å². The summed E-state index contributed by atoms with van der Waals surface area (Å²) in [5.74, 6) is 0.138. The molecule has 2 heterocycles. The molecule has 2 aromatic heterocycles. The first-order valence-electron chi connectivity index (χ1n) is 3.79. The number of nitrogens with one attached hydrogen (secondary N) is 1. The van der Waals surface area contributed by atoms with Crippen LogP contribution in [0.2, 0.25) is 0 Å². The number of primary amides is 1. The molecule has 2 aromatic rings. The van der Waals surface area contributed by atoms with E-state index in [1.54, 1.807) is 19.3 Å². The maximum atomic E-state index is 10.9. The minimum absolute atomic E-state index is 0. The number of fused-ring (bicyclic) bond motifs is 1. The number of aromatic amines is 1. The Kier molecular flexibility index (Phi) is 2.71. The highest BCUT2D eigenvalue weighted by Gasteiger charge is 2.09. The van der Waals surface area contributed by atoms with Gasteiger partial charge in [-0.15, -0.1) is 12.4 Å². The molecule has 0 atom stereocenters. The highest BCUT2D eigenvalue weighted by Crippen LogP contribution is 2.13. The number of halogens is 1. The molecule has 6 heteroatoms. The molecule has 0 saturated heterocycles. The second kappa shape index (κ2) is 3.63. The Morgan fingerprint density at radius 3 is 2.93 bits per heavy atom. The number of nitrogens with zero attached hydrogens (tertiary/aromatic N) is 2. The van der Waals surface area contributed by atoms with E-state index in [2.05, 4.69) is 15.0 Å². The smallest absolute Gasteiger partial charge is 0.252 e. The molecule has 0 unspecified atom stereocenters. The van der Waals surface area contributed by atoms with Crippen LogP contribution in [0.3, 0.4) is 0 Å². The Bertz CT molecular complexity index is 479. The molecule has 0 aliphatic heterocycles. The van der Waals surface area contributed by atoms with Crippen LogP contribution in [0.1, 0.15) is 16.2 Å². The lowest BCUT2D eigenvalue weighted by Crippen LogP contribution is -2.10. The topological polar surface area (TPSA) is 84.7 Å². The maximum absolute atomic E-state index is 10.9. The van der Waals surface area contributed by atoms with Crippen molar-refractivity contribution < 1.29 is 4.79 Å². The van der Waals surface area contributed by atoms with Crippen LogP contribution in [-0.4, -0.2) is 20.9 Å². The Labute approximate surface area is 86.1 Å². The fraction of sp³-hybridized carbons (Fsp3) is 0.125. The first kappa shape index (κ1) is 10.5. The summed E-state index contributed by atoms with van der Waals surface area (Å²) in [6.07, 6.45) is 3.17. The van der Waals surface area contributed by atoms with Crippen molar-refractivity contribution in [1.82, 2.24) is 15.0 Å². The average molecular weight is 213 g/mol. The maximum Gasteiger partial charge on any atom is 0.252 e. The van der Waals surface area contributed by atoms with Gasteiger partial charge >= 0.3 is 0 Å². The molecule has 0 radical (unpaired) electrons. The second-order valence-electron chi connectivity index (χ2n) is 2.75. The van der Waals surface area contributed by atoms with Crippen molar-refractivity contribution in [3.63, 3.8) is 0 Å². The van der Waals surface area contributed by atoms with Gasteiger partial charge in [-0.1, -0.05) is 0 Å². The van der Waals surface area contributed by atoms with Gasteiger partial charge in [-0.05, 0) is 6.92 Å². The molecular weight excluding hydrogens is 204 g/mol. The number of aromatic nitrogens is 3. The zero-order valence-corrected chi connectivity index (χ0v) is 8.26. The fourth-order valence-corrected chi connectivity index (χ4v) is 1.19. The number of amides is 1. The molecule has 3 N–H and O–H groups in total. The molecule has 0 fully saturated rings. The zero-order chi connectivity index (χ0) is 9.42. The van der Waals surface area contributed by atoms with Gasteiger partial charge in [-0.25, -0.2) is 9.97 Å². The highest BCUT2D eigenvalue weighted by molar-refractivity contribution is 6.04. The highest BCUT2D eigenvalue weighted by atomic mass is 35.5. The molecule has 74 valence electrons. The summed E-state index contributed by atoms with van der Waals surface area (Å²) in [7, 11) is 0. The van der Waals surface area contributed by atoms with Crippen molar-refractivity contribution in [3.05, 3.63) is 23.8 Å². The zero-order valence-electron chi connectivity index (χ0n) is 7.44. The van der Waals surface area contributed by atoms with Gasteiger partial charge in [-0.3, -0.25) is 4.79 Å². The number of rotatable bonds is 1. The van der Waals surface area contributed by atoms with Crippen molar-refractivity contribution in [1.29, 1.82) is 0 Å². The average Bonchev–Trinajstić information content (AvgIpc) is 2.46. The molecular formula is C8H9ClN4O. The van der Waals surface area contributed by atoms with Gasteiger partial charge < -0.3 is 10.7 Å². The Balaban J connectivity index is 0.000000980. The molecule has 2 rings (SSSR count). The number of aryl methyl sites for hydroxylation is 1. The first-order chi connectivity index (χ1) is 6.18. The van der Waals surface area contributed by atoms with E-state index < -0.39 is 5.91 Å². The van der Waals surface area contributed by atoms with E-state index in [4.69, 9.17) is 5.73 Å². The van der Waals surface area contributed by atoms with Gasteiger partial charge in [0.15, 0.2) is 0 Å². The molecule has 14 heavy (non-hydrogen) atoms. The molecule has 1 amide bonds.